The molecule has 0 saturated heterocycles. The summed E-state index contributed by atoms with van der Waals surface area (Å²) in [5, 5.41) is 19.0. The van der Waals surface area contributed by atoms with E-state index in [0.717, 1.165) is 17.1 Å². The van der Waals surface area contributed by atoms with E-state index in [1.807, 2.05) is 0 Å². The largest absolute Gasteiger partial charge is 0.309 e. The lowest BCUT2D eigenvalue weighted by Crippen LogP contribution is -2.93. The number of hydrogen-bond acceptors (Lipinski definition) is 0. The van der Waals surface area contributed by atoms with Crippen LogP contribution in [0.1, 0.15) is 22.3 Å². The SMILES string of the molecule is Cc1ccc2c(c1)c1cc(C)ccc1n2-c1ccc2c(c1)c1cc(-n3c4ccc(C)cc4c4cc(C)ccc43)ccc1n2-c1cccc([Si]2(c3ccccc3)c3ccccc3[Si](c3ccccc3)(c3ccccc3)c3ccccc32)c1. The molecule has 0 spiro atoms. The zero-order valence-electron chi connectivity index (χ0n) is 45.8. The highest BCUT2D eigenvalue weighted by Gasteiger charge is 2.56. The van der Waals surface area contributed by atoms with Crippen molar-refractivity contribution in [2.45, 2.75) is 27.7 Å². The molecule has 0 fully saturated rings. The highest BCUT2D eigenvalue weighted by Crippen LogP contribution is 2.40. The van der Waals surface area contributed by atoms with Crippen LogP contribution in [0.25, 0.3) is 82.5 Å². The second-order valence-corrected chi connectivity index (χ2v) is 30.2. The van der Waals surface area contributed by atoms with Crippen LogP contribution >= 0.6 is 0 Å². The van der Waals surface area contributed by atoms with E-state index in [4.69, 9.17) is 0 Å². The van der Waals surface area contributed by atoms with E-state index < -0.39 is 16.1 Å². The first-order valence-corrected chi connectivity index (χ1v) is 32.4. The zero-order chi connectivity index (χ0) is 54.1. The molecule has 0 unspecified atom stereocenters. The Kier molecular flexibility index (Phi) is 10.5. The lowest BCUT2D eigenvalue weighted by Gasteiger charge is -2.48. The molecule has 16 rings (SSSR count). The number of aromatic nitrogens is 3. The van der Waals surface area contributed by atoms with E-state index in [-0.39, 0.29) is 0 Å². The molecule has 384 valence electrons. The standard InChI is InChI=1S/C76H57N3Si2/c1-50-31-37-67-61(43-50)62-44-51(2)32-38-68(62)78(67)55-35-41-71-65(48-55)66-49-56(79-69-39-33-52(3)45-63(69)64-46-53(4)34-40-70(64)79)36-42-72(66)77(71)54-19-18-26-60(47-54)81(59-24-12-7-13-25-59)75-29-16-14-27-73(75)80(57-20-8-5-9-21-57,58-22-10-6-11-23-58)74-28-15-17-30-76(74)81/h5-49H,1-4H3. The van der Waals surface area contributed by atoms with Crippen LogP contribution < -0.4 is 41.5 Å². The first-order chi connectivity index (χ1) is 39.8. The van der Waals surface area contributed by atoms with Crippen molar-refractivity contribution in [1.29, 1.82) is 0 Å². The van der Waals surface area contributed by atoms with Crippen molar-refractivity contribution in [3.8, 4) is 17.1 Å². The molecule has 0 atom stereocenters. The Morgan fingerprint density at radius 3 is 0.802 bits per heavy atom. The summed E-state index contributed by atoms with van der Waals surface area (Å²) in [4.78, 5) is 0. The number of rotatable bonds is 7. The molecule has 0 saturated carbocycles. The molecule has 81 heavy (non-hydrogen) atoms. The van der Waals surface area contributed by atoms with E-state index in [9.17, 15) is 0 Å². The molecule has 0 amide bonds. The Bertz CT molecular complexity index is 4650. The molecule has 3 aromatic heterocycles. The number of fused-ring (bicyclic) bond motifs is 11. The Morgan fingerprint density at radius 2 is 0.469 bits per heavy atom. The minimum atomic E-state index is -3.11. The first kappa shape index (κ1) is 47.5. The van der Waals surface area contributed by atoms with E-state index in [0.29, 0.717) is 0 Å². The van der Waals surface area contributed by atoms with Gasteiger partial charge in [0.05, 0.1) is 33.1 Å². The fourth-order valence-corrected chi connectivity index (χ4v) is 26.8. The van der Waals surface area contributed by atoms with E-state index in [1.165, 1.54) is 129 Å². The molecule has 0 N–H and O–H groups in total. The topological polar surface area (TPSA) is 14.8 Å². The molecular weight excluding hydrogens is 1010 g/mol. The zero-order valence-corrected chi connectivity index (χ0v) is 47.8. The molecule has 1 aliphatic heterocycles. The van der Waals surface area contributed by atoms with Crippen molar-refractivity contribution in [2.24, 2.45) is 0 Å². The summed E-state index contributed by atoms with van der Waals surface area (Å²) in [6, 6.07) is 105. The molecule has 12 aromatic carbocycles. The van der Waals surface area contributed by atoms with Crippen molar-refractivity contribution in [1.82, 2.24) is 13.7 Å². The van der Waals surface area contributed by atoms with Crippen LogP contribution in [0.4, 0.5) is 0 Å². The predicted octanol–water partition coefficient (Wildman–Crippen LogP) is 13.3. The molecule has 1 aliphatic rings. The monoisotopic (exact) mass is 1070 g/mol. The van der Waals surface area contributed by atoms with Gasteiger partial charge in [0.25, 0.3) is 0 Å². The van der Waals surface area contributed by atoms with Crippen LogP contribution in [0.2, 0.25) is 0 Å². The summed E-state index contributed by atoms with van der Waals surface area (Å²) in [5.41, 5.74) is 15.7. The minimum absolute atomic E-state index is 1.14. The van der Waals surface area contributed by atoms with Gasteiger partial charge in [0.15, 0.2) is 16.1 Å². The summed E-state index contributed by atoms with van der Waals surface area (Å²) < 4.78 is 7.52. The highest BCUT2D eigenvalue weighted by atomic mass is 28.3. The van der Waals surface area contributed by atoms with Crippen molar-refractivity contribution in [3.63, 3.8) is 0 Å². The van der Waals surface area contributed by atoms with Crippen LogP contribution in [0.3, 0.4) is 0 Å². The summed E-state index contributed by atoms with van der Waals surface area (Å²) in [6.45, 7) is 8.80. The predicted molar refractivity (Wildman–Crippen MR) is 349 cm³/mol. The summed E-state index contributed by atoms with van der Waals surface area (Å²) >= 11 is 0. The quantitative estimate of drug-likeness (QED) is 0.141. The Hall–Kier alpha value is -9.53. The molecule has 15 aromatic rings. The summed E-state index contributed by atoms with van der Waals surface area (Å²) in [6.07, 6.45) is 0. The molecule has 0 bridgehead atoms. The summed E-state index contributed by atoms with van der Waals surface area (Å²) in [7, 11) is -5.99. The van der Waals surface area contributed by atoms with Crippen LogP contribution in [0.5, 0.6) is 0 Å². The second-order valence-electron chi connectivity index (χ2n) is 22.7. The van der Waals surface area contributed by atoms with Crippen LogP contribution in [-0.4, -0.2) is 29.8 Å². The second kappa shape index (κ2) is 18.0. The average molecular weight is 1070 g/mol. The molecule has 0 radical (unpaired) electrons. The van der Waals surface area contributed by atoms with E-state index in [1.54, 1.807) is 0 Å². The van der Waals surface area contributed by atoms with Crippen molar-refractivity contribution < 1.29 is 0 Å². The van der Waals surface area contributed by atoms with Gasteiger partial charge in [-0.25, -0.2) is 0 Å². The maximum Gasteiger partial charge on any atom is 0.179 e. The third-order valence-electron chi connectivity index (χ3n) is 18.0. The van der Waals surface area contributed by atoms with Gasteiger partial charge in [0, 0.05) is 49.4 Å². The number of benzene rings is 12. The molecule has 3 nitrogen and oxygen atoms in total. The Balaban J connectivity index is 0.986. The maximum atomic E-state index is 2.57. The lowest BCUT2D eigenvalue weighted by atomic mass is 10.1. The third kappa shape index (κ3) is 6.80. The number of hydrogen-bond donors (Lipinski definition) is 0. The van der Waals surface area contributed by atoms with Gasteiger partial charge in [0.1, 0.15) is 0 Å². The molecule has 5 heteroatoms. The van der Waals surface area contributed by atoms with Crippen LogP contribution in [0, 0.1) is 27.7 Å². The van der Waals surface area contributed by atoms with Crippen LogP contribution in [-0.2, 0) is 0 Å². The minimum Gasteiger partial charge on any atom is -0.309 e. The third-order valence-corrected chi connectivity index (χ3v) is 28.3. The average Bonchev–Trinajstić information content (AvgIpc) is 2.55. The van der Waals surface area contributed by atoms with Gasteiger partial charge < -0.3 is 13.7 Å². The van der Waals surface area contributed by atoms with Gasteiger partial charge in [-0.15, -0.1) is 0 Å². The number of aryl methyl sites for hydroxylation is 4. The van der Waals surface area contributed by atoms with Gasteiger partial charge in [-0.2, -0.15) is 0 Å². The van der Waals surface area contributed by atoms with Gasteiger partial charge in [-0.05, 0) is 166 Å². The van der Waals surface area contributed by atoms with Gasteiger partial charge in [-0.1, -0.05) is 198 Å². The van der Waals surface area contributed by atoms with E-state index >= 15 is 0 Å². The smallest absolute Gasteiger partial charge is 0.179 e. The van der Waals surface area contributed by atoms with E-state index in [2.05, 4.69) is 314 Å². The van der Waals surface area contributed by atoms with Gasteiger partial charge in [-0.3, -0.25) is 0 Å². The van der Waals surface area contributed by atoms with Gasteiger partial charge in [0.2, 0.25) is 0 Å². The fraction of sp³-hybridized carbons (Fsp3) is 0.0526. The summed E-state index contributed by atoms with van der Waals surface area (Å²) in [5.74, 6) is 0. The number of nitrogens with zero attached hydrogens (tertiary/aromatic N) is 3. The van der Waals surface area contributed by atoms with Crippen LogP contribution in [0.15, 0.2) is 273 Å². The van der Waals surface area contributed by atoms with Crippen molar-refractivity contribution in [3.05, 3.63) is 295 Å². The fourth-order valence-electron chi connectivity index (χ4n) is 14.7. The lowest BCUT2D eigenvalue weighted by molar-refractivity contribution is 1.16. The first-order valence-electron chi connectivity index (χ1n) is 28.4. The normalized spacial score (nSPS) is 13.6. The Morgan fingerprint density at radius 1 is 0.210 bits per heavy atom. The van der Waals surface area contributed by atoms with Gasteiger partial charge >= 0.3 is 0 Å². The Labute approximate surface area is 473 Å². The van der Waals surface area contributed by atoms with Crippen molar-refractivity contribution in [2.75, 3.05) is 0 Å². The highest BCUT2D eigenvalue weighted by molar-refractivity contribution is 7.32. The maximum absolute atomic E-state index is 3.11. The molecule has 4 heterocycles. The molecule has 0 aliphatic carbocycles. The molecular formula is C76H57N3Si2. The van der Waals surface area contributed by atoms with Crippen molar-refractivity contribution >= 4 is 123 Å².